The third-order valence-corrected chi connectivity index (χ3v) is 3.48. The lowest BCUT2D eigenvalue weighted by atomic mass is 9.75. The van der Waals surface area contributed by atoms with Gasteiger partial charge in [0.15, 0.2) is 0 Å². The Balaban J connectivity index is 2.62. The van der Waals surface area contributed by atoms with E-state index in [1.807, 2.05) is 13.8 Å². The molecule has 1 unspecified atom stereocenters. The molecule has 1 atom stereocenters. The van der Waals surface area contributed by atoms with Gasteiger partial charge >= 0.3 is 0 Å². The molecule has 1 heterocycles. The molecule has 6 heteroatoms. The van der Waals surface area contributed by atoms with Crippen molar-refractivity contribution >= 4 is 5.91 Å². The Morgan fingerprint density at radius 3 is 2.65 bits per heavy atom. The number of rotatable bonds is 5. The minimum absolute atomic E-state index is 0.0836. The van der Waals surface area contributed by atoms with Gasteiger partial charge in [-0.05, 0) is 18.9 Å². The average Bonchev–Trinajstić information content (AvgIpc) is 2.76. The van der Waals surface area contributed by atoms with E-state index in [2.05, 4.69) is 10.6 Å². The van der Waals surface area contributed by atoms with Gasteiger partial charge < -0.3 is 15.7 Å². The van der Waals surface area contributed by atoms with Gasteiger partial charge in [0.25, 0.3) is 5.92 Å². The molecule has 0 saturated carbocycles. The monoisotopic (exact) mass is 250 g/mol. The molecule has 0 aromatic rings. The smallest absolute Gasteiger partial charge is 0.287 e. The predicted molar refractivity (Wildman–Crippen MR) is 59.8 cm³/mol. The van der Waals surface area contributed by atoms with E-state index < -0.39 is 24.5 Å². The number of carbonyl (C=O) groups excluding carboxylic acids is 1. The number of aliphatic hydroxyl groups is 1. The van der Waals surface area contributed by atoms with Gasteiger partial charge in [0.05, 0.1) is 12.0 Å². The summed E-state index contributed by atoms with van der Waals surface area (Å²) in [5, 5.41) is 13.8. The highest BCUT2D eigenvalue weighted by atomic mass is 19.3. The van der Waals surface area contributed by atoms with Crippen LogP contribution in [0.15, 0.2) is 0 Å². The molecule has 1 fully saturated rings. The molecule has 100 valence electrons. The molecule has 0 aromatic carbocycles. The van der Waals surface area contributed by atoms with Crippen LogP contribution in [0.2, 0.25) is 0 Å². The lowest BCUT2D eigenvalue weighted by Gasteiger charge is -2.31. The Morgan fingerprint density at radius 2 is 2.24 bits per heavy atom. The third kappa shape index (κ3) is 3.13. The molecule has 1 saturated heterocycles. The first-order valence-corrected chi connectivity index (χ1v) is 5.82. The van der Waals surface area contributed by atoms with Crippen LogP contribution in [0.25, 0.3) is 0 Å². The van der Waals surface area contributed by atoms with E-state index >= 15 is 0 Å². The number of alkyl halides is 2. The first kappa shape index (κ1) is 14.3. The maximum atomic E-state index is 12.8. The second-order valence-corrected chi connectivity index (χ2v) is 4.93. The van der Waals surface area contributed by atoms with Crippen molar-refractivity contribution in [2.75, 3.05) is 26.2 Å². The third-order valence-electron chi connectivity index (χ3n) is 3.48. The Labute approximate surface area is 99.8 Å². The van der Waals surface area contributed by atoms with Crippen LogP contribution in [0.4, 0.5) is 8.78 Å². The summed E-state index contributed by atoms with van der Waals surface area (Å²) in [7, 11) is 0. The molecule has 1 rings (SSSR count). The van der Waals surface area contributed by atoms with Gasteiger partial charge in [0, 0.05) is 6.54 Å². The zero-order chi connectivity index (χ0) is 13.1. The fourth-order valence-electron chi connectivity index (χ4n) is 2.10. The van der Waals surface area contributed by atoms with Crippen LogP contribution in [-0.2, 0) is 4.79 Å². The quantitative estimate of drug-likeness (QED) is 0.660. The number of hydrogen-bond acceptors (Lipinski definition) is 3. The largest absolute Gasteiger partial charge is 0.390 e. The Kier molecular flexibility index (Phi) is 4.43. The number of carbonyl (C=O) groups is 1. The zero-order valence-electron chi connectivity index (χ0n) is 10.2. The first-order chi connectivity index (χ1) is 7.84. The molecule has 0 spiro atoms. The fourth-order valence-corrected chi connectivity index (χ4v) is 2.10. The first-order valence-electron chi connectivity index (χ1n) is 5.82. The van der Waals surface area contributed by atoms with Crippen LogP contribution in [0.3, 0.4) is 0 Å². The van der Waals surface area contributed by atoms with Crippen LogP contribution in [0.1, 0.15) is 20.3 Å². The van der Waals surface area contributed by atoms with E-state index in [4.69, 9.17) is 5.11 Å². The van der Waals surface area contributed by atoms with Crippen molar-refractivity contribution in [1.29, 1.82) is 0 Å². The van der Waals surface area contributed by atoms with Crippen LogP contribution < -0.4 is 10.6 Å². The van der Waals surface area contributed by atoms with Gasteiger partial charge in [-0.2, -0.15) is 0 Å². The minimum Gasteiger partial charge on any atom is -0.390 e. The highest BCUT2D eigenvalue weighted by molar-refractivity contribution is 5.83. The molecule has 1 aliphatic heterocycles. The lowest BCUT2D eigenvalue weighted by molar-refractivity contribution is -0.135. The van der Waals surface area contributed by atoms with Crippen molar-refractivity contribution in [2.45, 2.75) is 26.2 Å². The zero-order valence-corrected chi connectivity index (χ0v) is 10.2. The Hall–Kier alpha value is -0.750. The highest BCUT2D eigenvalue weighted by Crippen LogP contribution is 2.34. The number of amides is 1. The molecule has 0 aromatic heterocycles. The van der Waals surface area contributed by atoms with E-state index in [0.717, 1.165) is 6.54 Å². The molecule has 17 heavy (non-hydrogen) atoms. The fraction of sp³-hybridized carbons (Fsp3) is 0.909. The van der Waals surface area contributed by atoms with Gasteiger partial charge in [-0.3, -0.25) is 4.79 Å². The summed E-state index contributed by atoms with van der Waals surface area (Å²) >= 11 is 0. The molecule has 1 amide bonds. The van der Waals surface area contributed by atoms with Crippen LogP contribution in [-0.4, -0.2) is 43.2 Å². The van der Waals surface area contributed by atoms with E-state index in [1.54, 1.807) is 0 Å². The molecule has 4 nitrogen and oxygen atoms in total. The second kappa shape index (κ2) is 5.27. The van der Waals surface area contributed by atoms with Gasteiger partial charge in [-0.15, -0.1) is 0 Å². The number of aliphatic hydroxyl groups excluding tert-OH is 1. The van der Waals surface area contributed by atoms with Gasteiger partial charge in [0.2, 0.25) is 5.91 Å². The summed E-state index contributed by atoms with van der Waals surface area (Å²) < 4.78 is 25.7. The van der Waals surface area contributed by atoms with Crippen LogP contribution in [0, 0.1) is 11.3 Å². The minimum atomic E-state index is -3.25. The molecule has 3 N–H and O–H groups in total. The van der Waals surface area contributed by atoms with Gasteiger partial charge in [0.1, 0.15) is 6.61 Å². The van der Waals surface area contributed by atoms with Crippen LogP contribution in [0.5, 0.6) is 0 Å². The molecule has 1 aliphatic rings. The van der Waals surface area contributed by atoms with E-state index in [0.29, 0.717) is 13.0 Å². The Bertz CT molecular complexity index is 277. The van der Waals surface area contributed by atoms with Crippen molar-refractivity contribution in [1.82, 2.24) is 10.6 Å². The van der Waals surface area contributed by atoms with Crippen LogP contribution >= 0.6 is 0 Å². The number of hydrogen-bond donors (Lipinski definition) is 3. The molecule has 0 radical (unpaired) electrons. The van der Waals surface area contributed by atoms with Crippen molar-refractivity contribution in [3.8, 4) is 0 Å². The maximum absolute atomic E-state index is 12.8. The molecular formula is C11H20F2N2O2. The summed E-state index contributed by atoms with van der Waals surface area (Å²) in [4.78, 5) is 12.0. The second-order valence-electron chi connectivity index (χ2n) is 4.93. The summed E-state index contributed by atoms with van der Waals surface area (Å²) in [6, 6.07) is 0. The summed E-state index contributed by atoms with van der Waals surface area (Å²) in [5.41, 5.74) is -0.606. The maximum Gasteiger partial charge on any atom is 0.287 e. The summed E-state index contributed by atoms with van der Waals surface area (Å²) in [5.74, 6) is -3.52. The van der Waals surface area contributed by atoms with Crippen molar-refractivity contribution in [3.05, 3.63) is 0 Å². The topological polar surface area (TPSA) is 61.4 Å². The lowest BCUT2D eigenvalue weighted by Crippen LogP contribution is -2.49. The molecule has 0 aliphatic carbocycles. The predicted octanol–water partition coefficient (Wildman–Crippen LogP) is 0.366. The normalized spacial score (nSPS) is 25.3. The average molecular weight is 250 g/mol. The molecule has 0 bridgehead atoms. The van der Waals surface area contributed by atoms with Gasteiger partial charge in [-0.1, -0.05) is 13.8 Å². The standard InChI is InChI=1S/C11H20F2N2O2/c1-8(2)10(3-4-14-5-10)9(17)15-6-11(12,13)7-16/h8,14,16H,3-7H2,1-2H3,(H,15,17). The number of halogens is 2. The van der Waals surface area contributed by atoms with Crippen molar-refractivity contribution in [2.24, 2.45) is 11.3 Å². The van der Waals surface area contributed by atoms with Crippen molar-refractivity contribution < 1.29 is 18.7 Å². The summed E-state index contributed by atoms with van der Waals surface area (Å²) in [6.45, 7) is 3.01. The van der Waals surface area contributed by atoms with Gasteiger partial charge in [-0.25, -0.2) is 8.78 Å². The van der Waals surface area contributed by atoms with E-state index in [9.17, 15) is 13.6 Å². The van der Waals surface area contributed by atoms with Crippen molar-refractivity contribution in [3.63, 3.8) is 0 Å². The highest BCUT2D eigenvalue weighted by Gasteiger charge is 2.44. The Morgan fingerprint density at radius 1 is 1.59 bits per heavy atom. The summed E-state index contributed by atoms with van der Waals surface area (Å²) in [6.07, 6.45) is 0.654. The SMILES string of the molecule is CC(C)C1(C(=O)NCC(F)(F)CO)CCNC1. The van der Waals surface area contributed by atoms with E-state index in [1.165, 1.54) is 0 Å². The van der Waals surface area contributed by atoms with E-state index in [-0.39, 0.29) is 11.8 Å². The number of nitrogens with one attached hydrogen (secondary N) is 2. The molecular weight excluding hydrogens is 230 g/mol.